The minimum Gasteiger partial charge on any atom is -0.469 e. The highest BCUT2D eigenvalue weighted by molar-refractivity contribution is 9.25. The smallest absolute Gasteiger partial charge is 0.333 e. The first-order valence-corrected chi connectivity index (χ1v) is 6.48. The predicted molar refractivity (Wildman–Crippen MR) is 69.4 cm³/mol. The fraction of sp³-hybridized carbons (Fsp3) is 0.700. The Morgan fingerprint density at radius 2 is 1.33 bits per heavy atom. The molecule has 104 valence electrons. The molecule has 0 saturated heterocycles. The molecule has 0 radical (unpaired) electrons. The molecule has 0 spiro atoms. The van der Waals surface area contributed by atoms with E-state index in [9.17, 15) is 14.4 Å². The van der Waals surface area contributed by atoms with Gasteiger partial charge >= 0.3 is 17.9 Å². The van der Waals surface area contributed by atoms with E-state index in [1.807, 2.05) is 0 Å². The van der Waals surface area contributed by atoms with E-state index in [0.717, 1.165) is 0 Å². The third-order valence-corrected chi connectivity index (χ3v) is 4.19. The minimum absolute atomic E-state index is 0.142. The normalized spacial score (nSPS) is 11.0. The van der Waals surface area contributed by atoms with Crippen LogP contribution in [-0.2, 0) is 28.6 Å². The van der Waals surface area contributed by atoms with Gasteiger partial charge in [0.1, 0.15) is 0 Å². The van der Waals surface area contributed by atoms with Gasteiger partial charge in [0, 0.05) is 5.92 Å². The molecule has 0 aromatic heterocycles. The zero-order valence-electron chi connectivity index (χ0n) is 10.2. The summed E-state index contributed by atoms with van der Waals surface area (Å²) >= 11 is 6.23. The van der Waals surface area contributed by atoms with Crippen molar-refractivity contribution >= 4 is 49.8 Å². The van der Waals surface area contributed by atoms with E-state index < -0.39 is 27.1 Å². The number of hydrogen-bond donors (Lipinski definition) is 0. The van der Waals surface area contributed by atoms with E-state index in [1.165, 1.54) is 21.3 Å². The van der Waals surface area contributed by atoms with Gasteiger partial charge in [-0.05, 0) is 0 Å². The van der Waals surface area contributed by atoms with E-state index >= 15 is 0 Å². The van der Waals surface area contributed by atoms with Crippen LogP contribution in [0.5, 0.6) is 0 Å². The van der Waals surface area contributed by atoms with Gasteiger partial charge < -0.3 is 14.2 Å². The highest BCUT2D eigenvalue weighted by atomic mass is 79.9. The number of carbonyl (C=O) groups is 3. The van der Waals surface area contributed by atoms with Gasteiger partial charge in [0.05, 0.1) is 34.2 Å². The van der Waals surface area contributed by atoms with Crippen LogP contribution in [0.2, 0.25) is 0 Å². The zero-order valence-corrected chi connectivity index (χ0v) is 13.4. The lowest BCUT2D eigenvalue weighted by molar-refractivity contribution is -0.146. The van der Waals surface area contributed by atoms with Gasteiger partial charge in [0.2, 0.25) is 0 Å². The van der Waals surface area contributed by atoms with Crippen molar-refractivity contribution in [3.05, 3.63) is 0 Å². The Bertz CT molecular complexity index is 310. The van der Waals surface area contributed by atoms with Crippen LogP contribution in [0.15, 0.2) is 0 Å². The van der Waals surface area contributed by atoms with Crippen LogP contribution in [0, 0.1) is 5.92 Å². The SMILES string of the molecule is COC(=O)CC(CC(=O)OC)C(Br)(Br)C(=O)OC. The first-order chi connectivity index (χ1) is 8.29. The Morgan fingerprint density at radius 1 is 0.944 bits per heavy atom. The van der Waals surface area contributed by atoms with Gasteiger partial charge in [0.25, 0.3) is 0 Å². The van der Waals surface area contributed by atoms with Crippen LogP contribution >= 0.6 is 31.9 Å². The third-order valence-electron chi connectivity index (χ3n) is 2.25. The number of alkyl halides is 2. The molecule has 0 amide bonds. The molecule has 0 saturated carbocycles. The molecule has 0 aliphatic heterocycles. The summed E-state index contributed by atoms with van der Waals surface area (Å²) in [4.78, 5) is 34.2. The number of carbonyl (C=O) groups excluding carboxylic acids is 3. The van der Waals surface area contributed by atoms with Crippen molar-refractivity contribution in [1.82, 2.24) is 0 Å². The Labute approximate surface area is 122 Å². The molecule has 18 heavy (non-hydrogen) atoms. The van der Waals surface area contributed by atoms with E-state index in [1.54, 1.807) is 0 Å². The Hall–Kier alpha value is -0.630. The van der Waals surface area contributed by atoms with Gasteiger partial charge in [0.15, 0.2) is 3.23 Å². The Kier molecular flexibility index (Phi) is 7.46. The fourth-order valence-corrected chi connectivity index (χ4v) is 2.17. The van der Waals surface area contributed by atoms with Crippen LogP contribution in [0.4, 0.5) is 0 Å². The molecule has 0 rings (SSSR count). The molecule has 0 aromatic rings. The maximum Gasteiger partial charge on any atom is 0.333 e. The highest BCUT2D eigenvalue weighted by Crippen LogP contribution is 2.40. The van der Waals surface area contributed by atoms with Crippen molar-refractivity contribution in [2.24, 2.45) is 5.92 Å². The number of methoxy groups -OCH3 is 3. The van der Waals surface area contributed by atoms with Gasteiger partial charge in [-0.3, -0.25) is 9.59 Å². The molecular weight excluding hydrogens is 376 g/mol. The van der Waals surface area contributed by atoms with Crippen LogP contribution in [0.3, 0.4) is 0 Å². The van der Waals surface area contributed by atoms with Crippen molar-refractivity contribution in [2.75, 3.05) is 21.3 Å². The third kappa shape index (κ3) is 4.93. The average Bonchev–Trinajstić information content (AvgIpc) is 2.35. The van der Waals surface area contributed by atoms with E-state index in [0.29, 0.717) is 0 Å². The van der Waals surface area contributed by atoms with Crippen LogP contribution in [-0.4, -0.2) is 42.5 Å². The number of rotatable bonds is 6. The maximum atomic E-state index is 11.6. The quantitative estimate of drug-likeness (QED) is 0.388. The minimum atomic E-state index is -1.35. The molecule has 0 unspecified atom stereocenters. The van der Waals surface area contributed by atoms with E-state index in [2.05, 4.69) is 46.1 Å². The van der Waals surface area contributed by atoms with E-state index in [-0.39, 0.29) is 12.8 Å². The summed E-state index contributed by atoms with van der Waals surface area (Å²) < 4.78 is 12.3. The van der Waals surface area contributed by atoms with E-state index in [4.69, 9.17) is 0 Å². The molecule has 0 atom stereocenters. The molecule has 0 bridgehead atoms. The maximum absolute atomic E-state index is 11.6. The van der Waals surface area contributed by atoms with Crippen LogP contribution < -0.4 is 0 Å². The molecule has 8 heteroatoms. The molecule has 0 aliphatic carbocycles. The second kappa shape index (κ2) is 7.73. The largest absolute Gasteiger partial charge is 0.469 e. The molecule has 0 heterocycles. The van der Waals surface area contributed by atoms with Gasteiger partial charge in [-0.2, -0.15) is 0 Å². The molecule has 0 N–H and O–H groups in total. The Balaban J connectivity index is 5.00. The number of hydrogen-bond acceptors (Lipinski definition) is 6. The molecule has 0 aliphatic rings. The van der Waals surface area contributed by atoms with Crippen LogP contribution in [0.1, 0.15) is 12.8 Å². The lowest BCUT2D eigenvalue weighted by atomic mass is 9.97. The van der Waals surface area contributed by atoms with Gasteiger partial charge in [-0.25, -0.2) is 4.79 Å². The van der Waals surface area contributed by atoms with Gasteiger partial charge in [-0.15, -0.1) is 0 Å². The second-order valence-electron chi connectivity index (χ2n) is 3.37. The van der Waals surface area contributed by atoms with Crippen molar-refractivity contribution in [3.8, 4) is 0 Å². The number of halogens is 2. The molecule has 0 aromatic carbocycles. The van der Waals surface area contributed by atoms with Crippen molar-refractivity contribution in [3.63, 3.8) is 0 Å². The first-order valence-electron chi connectivity index (χ1n) is 4.89. The van der Waals surface area contributed by atoms with Crippen LogP contribution in [0.25, 0.3) is 0 Å². The fourth-order valence-electron chi connectivity index (χ4n) is 1.20. The summed E-state index contributed by atoms with van der Waals surface area (Å²) in [5.41, 5.74) is 0. The lowest BCUT2D eigenvalue weighted by Crippen LogP contribution is -2.38. The molecular formula is C10H14Br2O6. The predicted octanol–water partition coefficient (Wildman–Crippen LogP) is 1.39. The summed E-state index contributed by atoms with van der Waals surface area (Å²) in [5.74, 6) is -2.45. The first kappa shape index (κ1) is 17.4. The Morgan fingerprint density at radius 3 is 1.61 bits per heavy atom. The molecule has 0 fully saturated rings. The van der Waals surface area contributed by atoms with Crippen molar-refractivity contribution in [1.29, 1.82) is 0 Å². The van der Waals surface area contributed by atoms with Gasteiger partial charge in [-0.1, -0.05) is 31.9 Å². The second-order valence-corrected chi connectivity index (χ2v) is 6.94. The number of ether oxygens (including phenoxy) is 3. The summed E-state index contributed by atoms with van der Waals surface area (Å²) in [5, 5.41) is 0. The topological polar surface area (TPSA) is 78.9 Å². The zero-order chi connectivity index (χ0) is 14.3. The molecule has 6 nitrogen and oxygen atoms in total. The summed E-state index contributed by atoms with van der Waals surface area (Å²) in [6, 6.07) is 0. The summed E-state index contributed by atoms with van der Waals surface area (Å²) in [6.45, 7) is 0. The van der Waals surface area contributed by atoms with Crippen molar-refractivity contribution in [2.45, 2.75) is 16.1 Å². The summed E-state index contributed by atoms with van der Waals surface area (Å²) in [6.07, 6.45) is -0.283. The monoisotopic (exact) mass is 388 g/mol. The highest BCUT2D eigenvalue weighted by Gasteiger charge is 2.44. The van der Waals surface area contributed by atoms with Crippen molar-refractivity contribution < 1.29 is 28.6 Å². The average molecular weight is 390 g/mol. The lowest BCUT2D eigenvalue weighted by Gasteiger charge is -2.26. The summed E-state index contributed by atoms with van der Waals surface area (Å²) in [7, 11) is 3.65. The number of esters is 3. The standard InChI is InChI=1S/C10H14Br2O6/c1-16-7(13)4-6(5-8(14)17-2)10(11,12)9(15)18-3/h6H,4-5H2,1-3H3.